The Morgan fingerprint density at radius 2 is 1.09 bits per heavy atom. The second kappa shape index (κ2) is 20.2. The third-order valence-corrected chi connectivity index (χ3v) is 6.24. The van der Waals surface area contributed by atoms with Gasteiger partial charge in [0.15, 0.2) is 0 Å². The molecule has 2 bridgehead atoms. The predicted molar refractivity (Wildman–Crippen MR) is 154 cm³/mol. The monoisotopic (exact) mass is 659 g/mol. The summed E-state index contributed by atoms with van der Waals surface area (Å²) in [4.78, 5) is 54.6. The molecule has 4 saturated heterocycles. The molecule has 0 saturated carbocycles. The molecule has 0 aromatic heterocycles. The average Bonchev–Trinajstić information content (AvgIpc) is 3.64. The van der Waals surface area contributed by atoms with Gasteiger partial charge in [0, 0.05) is 50.7 Å². The molecule has 4 aliphatic heterocycles. The van der Waals surface area contributed by atoms with E-state index in [1.807, 2.05) is 0 Å². The van der Waals surface area contributed by atoms with Crippen LogP contribution in [0.1, 0.15) is 40.0 Å². The van der Waals surface area contributed by atoms with Crippen molar-refractivity contribution in [3.05, 3.63) is 31.9 Å². The number of hydrogen-bond donors (Lipinski definition) is 2. The maximum absolute atomic E-state index is 12.7. The fraction of sp³-hybridized carbons (Fsp3) is 0.846. The number of hydrogen-bond acceptors (Lipinski definition) is 8. The number of nitrogens with zero attached hydrogens (tertiary/aromatic N) is 6. The van der Waals surface area contributed by atoms with Crippen molar-refractivity contribution in [2.75, 3.05) is 85.6 Å². The summed E-state index contributed by atoms with van der Waals surface area (Å²) in [5, 5.41) is 34.0. The van der Waals surface area contributed by atoms with Crippen molar-refractivity contribution in [2.45, 2.75) is 57.1 Å². The fourth-order valence-electron chi connectivity index (χ4n) is 4.30. The van der Waals surface area contributed by atoms with Crippen LogP contribution in [0, 0.1) is 0 Å². The van der Waals surface area contributed by atoms with E-state index >= 15 is 0 Å². The van der Waals surface area contributed by atoms with E-state index in [0.29, 0.717) is 85.0 Å². The van der Waals surface area contributed by atoms with Crippen molar-refractivity contribution in [1.29, 1.82) is 0 Å². The molecule has 253 valence electrons. The summed E-state index contributed by atoms with van der Waals surface area (Å²) in [6, 6.07) is 0. The molecular formula is C26H44CuN8O8-6. The van der Waals surface area contributed by atoms with Gasteiger partial charge in [0.2, 0.25) is 11.8 Å². The normalized spacial score (nSPS) is 26.0. The quantitative estimate of drug-likeness (QED) is 0.176. The molecular weight excluding hydrogens is 616 g/mol. The Morgan fingerprint density at radius 3 is 1.40 bits per heavy atom. The van der Waals surface area contributed by atoms with Gasteiger partial charge in [0.25, 0.3) is 0 Å². The molecule has 0 aliphatic carbocycles. The van der Waals surface area contributed by atoms with Gasteiger partial charge in [0.05, 0.1) is 7.11 Å². The van der Waals surface area contributed by atoms with Crippen LogP contribution in [-0.2, 0) is 55.5 Å². The van der Waals surface area contributed by atoms with Crippen molar-refractivity contribution in [2.24, 2.45) is 0 Å². The van der Waals surface area contributed by atoms with E-state index in [-0.39, 0.29) is 47.7 Å². The Kier molecular flexibility index (Phi) is 18.3. The fourth-order valence-corrected chi connectivity index (χ4v) is 4.30. The van der Waals surface area contributed by atoms with E-state index in [4.69, 9.17) is 0 Å². The van der Waals surface area contributed by atoms with E-state index in [9.17, 15) is 19.2 Å². The Bertz CT molecular complexity index is 837. The van der Waals surface area contributed by atoms with E-state index in [2.05, 4.69) is 61.8 Å². The Balaban J connectivity index is 0.000000885. The van der Waals surface area contributed by atoms with Gasteiger partial charge in [-0.2, -0.15) is 49.0 Å². The van der Waals surface area contributed by atoms with Crippen molar-refractivity contribution < 1.29 is 55.5 Å². The molecule has 4 rings (SSSR count). The SMILES string of the molecule is CC(=O)OC1(C)OO1.COC(=O)CCCC(=O)NC12C[N-]CC[N-]CC(NC(C)=O)(C[N-]CC[N-]C1)C[N-]CC[N-]C2.[Cu]. The molecule has 43 heavy (non-hydrogen) atoms. The van der Waals surface area contributed by atoms with E-state index in [1.165, 1.54) is 27.9 Å². The van der Waals surface area contributed by atoms with Gasteiger partial charge in [-0.1, -0.05) is 0 Å². The molecule has 0 aromatic carbocycles. The smallest absolute Gasteiger partial charge is 0.380 e. The Labute approximate surface area is 264 Å². The second-order valence-corrected chi connectivity index (χ2v) is 10.5. The number of ether oxygens (including phenoxy) is 2. The minimum absolute atomic E-state index is 0. The van der Waals surface area contributed by atoms with Gasteiger partial charge in [-0.25, -0.2) is 0 Å². The Morgan fingerprint density at radius 1 is 0.698 bits per heavy atom. The van der Waals surface area contributed by atoms with Crippen molar-refractivity contribution >= 4 is 23.8 Å². The predicted octanol–water partition coefficient (Wildman–Crippen LogP) is 1.51. The molecule has 0 atom stereocenters. The van der Waals surface area contributed by atoms with Gasteiger partial charge in [-0.3, -0.25) is 19.2 Å². The standard InChI is InChI=1S/C22H38N8O4.C4H6O4.Cu/c1-18(31)29-21-12-23-6-9-26-15-22(16-27-10-7-24-13-21,17-28-11-8-25-14-21)30-19(32)4-3-5-20(33)34-2;1-3(5)6-4(2)7-8-4;/h3-17H2,1-2H3,(H,29,31)(H,30,32);1-2H3;/q-6;;. The molecule has 1 radical (unpaired) electrons. The molecule has 0 spiro atoms. The van der Waals surface area contributed by atoms with Gasteiger partial charge in [0.1, 0.15) is 0 Å². The molecule has 17 heteroatoms. The molecule has 4 aliphatic rings. The van der Waals surface area contributed by atoms with Crippen molar-refractivity contribution in [3.8, 4) is 0 Å². The van der Waals surface area contributed by atoms with Crippen LogP contribution < -0.4 is 10.6 Å². The van der Waals surface area contributed by atoms with Gasteiger partial charge < -0.3 is 52.0 Å². The first kappa shape index (κ1) is 39.1. The number of carbonyl (C=O) groups excluding carboxylic acids is 4. The summed E-state index contributed by atoms with van der Waals surface area (Å²) in [6.45, 7) is 9.58. The number of methoxy groups -OCH3 is 1. The van der Waals surface area contributed by atoms with E-state index in [1.54, 1.807) is 0 Å². The number of fused-ring (bicyclic) bond motifs is 15. The molecule has 4 heterocycles. The van der Waals surface area contributed by atoms with Gasteiger partial charge in [-0.05, 0) is 17.5 Å². The maximum atomic E-state index is 12.7. The average molecular weight is 660 g/mol. The zero-order chi connectivity index (χ0) is 30.9. The summed E-state index contributed by atoms with van der Waals surface area (Å²) < 4.78 is 9.11. The third-order valence-electron chi connectivity index (χ3n) is 6.24. The minimum Gasteiger partial charge on any atom is -0.662 e. The third kappa shape index (κ3) is 16.7. The Hall–Kier alpha value is -1.92. The van der Waals surface area contributed by atoms with Crippen LogP contribution in [0.25, 0.3) is 31.9 Å². The van der Waals surface area contributed by atoms with Gasteiger partial charge in [-0.15, -0.1) is 39.3 Å². The van der Waals surface area contributed by atoms with E-state index < -0.39 is 23.0 Å². The summed E-state index contributed by atoms with van der Waals surface area (Å²) >= 11 is 0. The molecule has 2 N–H and O–H groups in total. The van der Waals surface area contributed by atoms with Crippen LogP contribution >= 0.6 is 0 Å². The molecule has 16 nitrogen and oxygen atoms in total. The number of amides is 2. The maximum Gasteiger partial charge on any atom is 0.380 e. The summed E-state index contributed by atoms with van der Waals surface area (Å²) in [6.07, 6.45) is 0.815. The van der Waals surface area contributed by atoms with E-state index in [0.717, 1.165) is 0 Å². The minimum atomic E-state index is -1.08. The topological polar surface area (TPSA) is 220 Å². The summed E-state index contributed by atoms with van der Waals surface area (Å²) in [7, 11) is 1.33. The molecule has 4 fully saturated rings. The van der Waals surface area contributed by atoms with Crippen LogP contribution in [0.15, 0.2) is 0 Å². The first-order valence-corrected chi connectivity index (χ1v) is 14.0. The van der Waals surface area contributed by atoms with Crippen molar-refractivity contribution in [3.63, 3.8) is 0 Å². The first-order chi connectivity index (χ1) is 20.0. The number of rotatable bonds is 7. The zero-order valence-corrected chi connectivity index (χ0v) is 26.3. The molecule has 0 unspecified atom stereocenters. The summed E-state index contributed by atoms with van der Waals surface area (Å²) in [5.41, 5.74) is -1.36. The van der Waals surface area contributed by atoms with Crippen LogP contribution in [-0.4, -0.2) is 126 Å². The van der Waals surface area contributed by atoms with Crippen LogP contribution in [0.2, 0.25) is 0 Å². The number of esters is 2. The first-order valence-electron chi connectivity index (χ1n) is 14.0. The summed E-state index contributed by atoms with van der Waals surface area (Å²) in [5.74, 6) is -2.11. The zero-order valence-electron chi connectivity index (χ0n) is 25.4. The van der Waals surface area contributed by atoms with Crippen LogP contribution in [0.3, 0.4) is 0 Å². The number of carbonyl (C=O) groups is 4. The second-order valence-electron chi connectivity index (χ2n) is 10.5. The van der Waals surface area contributed by atoms with Crippen LogP contribution in [0.4, 0.5) is 0 Å². The molecule has 0 aromatic rings. The largest absolute Gasteiger partial charge is 0.662 e. The van der Waals surface area contributed by atoms with Crippen LogP contribution in [0.5, 0.6) is 0 Å². The molecule has 2 amide bonds. The van der Waals surface area contributed by atoms with Gasteiger partial charge >= 0.3 is 17.9 Å². The number of nitrogens with one attached hydrogen (secondary N) is 2. The van der Waals surface area contributed by atoms with Crippen molar-refractivity contribution in [1.82, 2.24) is 10.6 Å².